The molecule has 0 radical (unpaired) electrons. The van der Waals surface area contributed by atoms with Crippen molar-refractivity contribution in [1.82, 2.24) is 0 Å². The highest BCUT2D eigenvalue weighted by atomic mass is 32.2. The molecule has 20 heavy (non-hydrogen) atoms. The summed E-state index contributed by atoms with van der Waals surface area (Å²) in [6, 6.07) is 15.6. The largest absolute Gasteiger partial charge is 0.478 e. The van der Waals surface area contributed by atoms with Crippen molar-refractivity contribution in [2.24, 2.45) is 0 Å². The molecule has 2 N–H and O–H groups in total. The molecular weight excluding hydrogens is 270 g/mol. The van der Waals surface area contributed by atoms with Crippen molar-refractivity contribution >= 4 is 23.4 Å². The highest BCUT2D eigenvalue weighted by Crippen LogP contribution is 2.33. The molecular formula is C16H15NO2S. The first-order valence-electron chi connectivity index (χ1n) is 6.49. The number of carboxylic acids is 1. The third-order valence-corrected chi connectivity index (χ3v) is 4.51. The van der Waals surface area contributed by atoms with Crippen molar-refractivity contribution in [1.29, 1.82) is 0 Å². The fraction of sp³-hybridized carbons (Fsp3) is 0.188. The lowest BCUT2D eigenvalue weighted by molar-refractivity contribution is 0.0697. The van der Waals surface area contributed by atoms with Crippen molar-refractivity contribution < 1.29 is 9.90 Å². The van der Waals surface area contributed by atoms with Gasteiger partial charge in [0.15, 0.2) is 0 Å². The molecule has 102 valence electrons. The minimum atomic E-state index is -0.896. The van der Waals surface area contributed by atoms with E-state index in [0.717, 1.165) is 17.2 Å². The molecule has 3 nitrogen and oxygen atoms in total. The summed E-state index contributed by atoms with van der Waals surface area (Å²) >= 11 is 1.90. The molecule has 0 saturated heterocycles. The molecule has 2 aromatic rings. The first kappa shape index (κ1) is 13.1. The molecule has 4 heteroatoms. The molecule has 2 aromatic carbocycles. The topological polar surface area (TPSA) is 49.3 Å². The van der Waals surface area contributed by atoms with Crippen LogP contribution in [0.15, 0.2) is 48.5 Å². The molecule has 0 bridgehead atoms. The fourth-order valence-electron chi connectivity index (χ4n) is 2.44. The molecule has 0 spiro atoms. The van der Waals surface area contributed by atoms with Crippen LogP contribution in [-0.4, -0.2) is 16.8 Å². The van der Waals surface area contributed by atoms with Gasteiger partial charge in [0.25, 0.3) is 0 Å². The minimum absolute atomic E-state index is 0.231. The van der Waals surface area contributed by atoms with E-state index < -0.39 is 5.97 Å². The average molecular weight is 285 g/mol. The van der Waals surface area contributed by atoms with E-state index in [9.17, 15) is 4.79 Å². The maximum absolute atomic E-state index is 11.0. The second-order valence-electron chi connectivity index (χ2n) is 4.80. The number of fused-ring (bicyclic) bond motifs is 1. The quantitative estimate of drug-likeness (QED) is 0.901. The second kappa shape index (κ2) is 5.59. The van der Waals surface area contributed by atoms with Gasteiger partial charge >= 0.3 is 5.97 Å². The van der Waals surface area contributed by atoms with Gasteiger partial charge in [-0.3, -0.25) is 0 Å². The predicted molar refractivity (Wildman–Crippen MR) is 82.4 cm³/mol. The van der Waals surface area contributed by atoms with Crippen LogP contribution in [0, 0.1) is 0 Å². The standard InChI is InChI=1S/C16H15NO2S/c18-16(19)11-5-3-6-13(8-11)17-15-10-20-9-12-4-1-2-7-14(12)15/h1-8,15,17H,9-10H2,(H,18,19). The highest BCUT2D eigenvalue weighted by Gasteiger charge is 2.20. The zero-order valence-corrected chi connectivity index (χ0v) is 11.7. The molecule has 1 atom stereocenters. The third kappa shape index (κ3) is 2.65. The monoisotopic (exact) mass is 285 g/mol. The van der Waals surface area contributed by atoms with E-state index in [4.69, 9.17) is 5.11 Å². The first-order valence-corrected chi connectivity index (χ1v) is 7.65. The zero-order chi connectivity index (χ0) is 13.9. The predicted octanol–water partition coefficient (Wildman–Crippen LogP) is 3.78. The van der Waals surface area contributed by atoms with Gasteiger partial charge in [0.05, 0.1) is 11.6 Å². The summed E-state index contributed by atoms with van der Waals surface area (Å²) in [7, 11) is 0. The van der Waals surface area contributed by atoms with E-state index in [2.05, 4.69) is 29.6 Å². The van der Waals surface area contributed by atoms with Gasteiger partial charge in [-0.1, -0.05) is 30.3 Å². The number of anilines is 1. The van der Waals surface area contributed by atoms with Crippen molar-refractivity contribution in [2.45, 2.75) is 11.8 Å². The van der Waals surface area contributed by atoms with Crippen LogP contribution in [-0.2, 0) is 5.75 Å². The molecule has 0 aromatic heterocycles. The van der Waals surface area contributed by atoms with Gasteiger partial charge in [0.1, 0.15) is 0 Å². The van der Waals surface area contributed by atoms with Crippen LogP contribution in [0.25, 0.3) is 0 Å². The Morgan fingerprint density at radius 3 is 2.90 bits per heavy atom. The highest BCUT2D eigenvalue weighted by molar-refractivity contribution is 7.98. The van der Waals surface area contributed by atoms with E-state index in [1.807, 2.05) is 17.8 Å². The van der Waals surface area contributed by atoms with E-state index >= 15 is 0 Å². The van der Waals surface area contributed by atoms with Crippen molar-refractivity contribution in [3.8, 4) is 0 Å². The summed E-state index contributed by atoms with van der Waals surface area (Å²) in [6.07, 6.45) is 0. The number of carbonyl (C=O) groups is 1. The van der Waals surface area contributed by atoms with Gasteiger partial charge in [-0.15, -0.1) is 0 Å². The molecule has 3 rings (SSSR count). The lowest BCUT2D eigenvalue weighted by atomic mass is 10.0. The Morgan fingerprint density at radius 2 is 2.05 bits per heavy atom. The van der Waals surface area contributed by atoms with Crippen molar-refractivity contribution in [3.63, 3.8) is 0 Å². The van der Waals surface area contributed by atoms with Gasteiger partial charge < -0.3 is 10.4 Å². The lowest BCUT2D eigenvalue weighted by Crippen LogP contribution is -2.18. The number of nitrogens with one attached hydrogen (secondary N) is 1. The van der Waals surface area contributed by atoms with E-state index in [1.54, 1.807) is 18.2 Å². The Hall–Kier alpha value is -1.94. The maximum Gasteiger partial charge on any atom is 0.335 e. The average Bonchev–Trinajstić information content (AvgIpc) is 2.48. The van der Waals surface area contributed by atoms with Gasteiger partial charge in [-0.05, 0) is 29.3 Å². The summed E-state index contributed by atoms with van der Waals surface area (Å²) in [4.78, 5) is 11.0. The minimum Gasteiger partial charge on any atom is -0.478 e. The Bertz CT molecular complexity index is 642. The Balaban J connectivity index is 1.85. The molecule has 0 saturated carbocycles. The number of hydrogen-bond donors (Lipinski definition) is 2. The Labute approximate surface area is 122 Å². The first-order chi connectivity index (χ1) is 9.74. The number of carboxylic acid groups (broad SMARTS) is 1. The number of thioether (sulfide) groups is 1. The third-order valence-electron chi connectivity index (χ3n) is 3.42. The zero-order valence-electron chi connectivity index (χ0n) is 10.9. The van der Waals surface area contributed by atoms with Crippen LogP contribution in [0.2, 0.25) is 0 Å². The van der Waals surface area contributed by atoms with Gasteiger partial charge in [0.2, 0.25) is 0 Å². The maximum atomic E-state index is 11.0. The van der Waals surface area contributed by atoms with Crippen LogP contribution in [0.1, 0.15) is 27.5 Å². The lowest BCUT2D eigenvalue weighted by Gasteiger charge is -2.27. The van der Waals surface area contributed by atoms with Gasteiger partial charge in [-0.25, -0.2) is 4.79 Å². The SMILES string of the molecule is O=C(O)c1cccc(NC2CSCc3ccccc32)c1. The van der Waals surface area contributed by atoms with Gasteiger partial charge in [0, 0.05) is 17.2 Å². The smallest absolute Gasteiger partial charge is 0.335 e. The molecule has 1 aliphatic heterocycles. The van der Waals surface area contributed by atoms with Crippen LogP contribution < -0.4 is 5.32 Å². The molecule has 1 unspecified atom stereocenters. The van der Waals surface area contributed by atoms with Crippen molar-refractivity contribution in [3.05, 3.63) is 65.2 Å². The number of rotatable bonds is 3. The molecule has 0 amide bonds. The summed E-state index contributed by atoms with van der Waals surface area (Å²) in [5, 5.41) is 12.5. The van der Waals surface area contributed by atoms with Crippen LogP contribution in [0.5, 0.6) is 0 Å². The van der Waals surface area contributed by atoms with E-state index in [0.29, 0.717) is 5.56 Å². The second-order valence-corrected chi connectivity index (χ2v) is 5.83. The Kier molecular flexibility index (Phi) is 3.65. The number of aromatic carboxylic acids is 1. The summed E-state index contributed by atoms with van der Waals surface area (Å²) in [6.45, 7) is 0. The van der Waals surface area contributed by atoms with Crippen molar-refractivity contribution in [2.75, 3.05) is 11.1 Å². The summed E-state index contributed by atoms with van der Waals surface area (Å²) in [5.74, 6) is 1.14. The van der Waals surface area contributed by atoms with Gasteiger partial charge in [-0.2, -0.15) is 11.8 Å². The summed E-state index contributed by atoms with van der Waals surface area (Å²) in [5.41, 5.74) is 3.83. The molecule has 1 aliphatic rings. The number of hydrogen-bond acceptors (Lipinski definition) is 3. The van der Waals surface area contributed by atoms with Crippen LogP contribution in [0.4, 0.5) is 5.69 Å². The van der Waals surface area contributed by atoms with E-state index in [-0.39, 0.29) is 6.04 Å². The molecule has 0 aliphatic carbocycles. The Morgan fingerprint density at radius 1 is 1.20 bits per heavy atom. The summed E-state index contributed by atoms with van der Waals surface area (Å²) < 4.78 is 0. The van der Waals surface area contributed by atoms with Crippen LogP contribution >= 0.6 is 11.8 Å². The normalized spacial score (nSPS) is 17.3. The number of benzene rings is 2. The fourth-order valence-corrected chi connectivity index (χ4v) is 3.54. The molecule has 1 heterocycles. The molecule has 0 fully saturated rings. The van der Waals surface area contributed by atoms with Crippen LogP contribution in [0.3, 0.4) is 0 Å². The van der Waals surface area contributed by atoms with E-state index in [1.165, 1.54) is 11.1 Å².